The summed E-state index contributed by atoms with van der Waals surface area (Å²) >= 11 is 0. The van der Waals surface area contributed by atoms with Crippen molar-refractivity contribution in [3.8, 4) is 0 Å². The number of aliphatic hydroxyl groups is 1. The predicted molar refractivity (Wildman–Crippen MR) is 76.1 cm³/mol. The van der Waals surface area contributed by atoms with Crippen LogP contribution in [0, 0.1) is 28.6 Å². The lowest BCUT2D eigenvalue weighted by molar-refractivity contribution is -0.383. The van der Waals surface area contributed by atoms with Crippen molar-refractivity contribution < 1.29 is 14.6 Å². The molecule has 1 N–H and O–H groups in total. The molecule has 0 amide bonds. The summed E-state index contributed by atoms with van der Waals surface area (Å²) in [6, 6.07) is 0. The second kappa shape index (κ2) is 3.61. The van der Waals surface area contributed by atoms with E-state index < -0.39 is 11.4 Å². The van der Waals surface area contributed by atoms with Gasteiger partial charge in [-0.3, -0.25) is 0 Å². The van der Waals surface area contributed by atoms with Crippen LogP contribution in [0.1, 0.15) is 53.4 Å². The molecule has 3 heteroatoms. The Morgan fingerprint density at radius 3 is 2.40 bits per heavy atom. The lowest BCUT2D eigenvalue weighted by atomic mass is 9.34. The van der Waals surface area contributed by atoms with E-state index >= 15 is 0 Å². The molecule has 5 aliphatic rings. The number of hydrogen-bond acceptors (Lipinski definition) is 3. The number of rotatable bonds is 0. The van der Waals surface area contributed by atoms with Crippen LogP contribution in [0.25, 0.3) is 0 Å². The zero-order valence-corrected chi connectivity index (χ0v) is 13.2. The second-order valence-electron chi connectivity index (χ2n) is 8.60. The number of hydrogen-bond donors (Lipinski definition) is 1. The van der Waals surface area contributed by atoms with Crippen LogP contribution in [0.2, 0.25) is 0 Å². The molecular formula is C17H28O3. The summed E-state index contributed by atoms with van der Waals surface area (Å²) in [5, 5.41) is 11.6. The van der Waals surface area contributed by atoms with Gasteiger partial charge in [0.05, 0.1) is 18.8 Å². The summed E-state index contributed by atoms with van der Waals surface area (Å²) in [6.07, 6.45) is 4.11. The van der Waals surface area contributed by atoms with Crippen molar-refractivity contribution in [2.45, 2.75) is 64.8 Å². The Bertz CT molecular complexity index is 440. The van der Waals surface area contributed by atoms with E-state index in [1.807, 2.05) is 0 Å². The summed E-state index contributed by atoms with van der Waals surface area (Å²) in [7, 11) is 0. The summed E-state index contributed by atoms with van der Waals surface area (Å²) in [6.45, 7) is 10.6. The molecule has 0 unspecified atom stereocenters. The van der Waals surface area contributed by atoms with E-state index in [0.29, 0.717) is 31.0 Å². The fraction of sp³-hybridized carbons (Fsp3) is 1.00. The molecule has 4 saturated carbocycles. The highest BCUT2D eigenvalue weighted by molar-refractivity contribution is 5.24. The molecule has 1 saturated heterocycles. The SMILES string of the molecule is C[C@H]1CC[C@]2(O)C(C)(C)[C@H]3C[C@@H]1[C@@]2(C)CC31OCCO1. The highest BCUT2D eigenvalue weighted by atomic mass is 16.7. The van der Waals surface area contributed by atoms with Crippen LogP contribution in [0.4, 0.5) is 0 Å². The van der Waals surface area contributed by atoms with E-state index in [4.69, 9.17) is 9.47 Å². The first kappa shape index (κ1) is 13.5. The maximum Gasteiger partial charge on any atom is 0.172 e. The minimum Gasteiger partial charge on any atom is -0.389 e. The molecule has 5 atom stereocenters. The molecule has 0 aromatic heterocycles. The van der Waals surface area contributed by atoms with Crippen LogP contribution >= 0.6 is 0 Å². The molecule has 1 spiro atoms. The Balaban J connectivity index is 1.87. The van der Waals surface area contributed by atoms with Crippen LogP contribution in [0.5, 0.6) is 0 Å². The Labute approximate surface area is 122 Å². The molecule has 20 heavy (non-hydrogen) atoms. The molecule has 0 aromatic rings. The van der Waals surface area contributed by atoms with Crippen molar-refractivity contribution >= 4 is 0 Å². The lowest BCUT2D eigenvalue weighted by Gasteiger charge is -2.74. The maximum atomic E-state index is 11.6. The molecule has 0 aromatic carbocycles. The van der Waals surface area contributed by atoms with Crippen molar-refractivity contribution in [2.75, 3.05) is 13.2 Å². The van der Waals surface area contributed by atoms with Crippen molar-refractivity contribution in [1.82, 2.24) is 0 Å². The van der Waals surface area contributed by atoms with Gasteiger partial charge < -0.3 is 14.6 Å². The predicted octanol–water partition coefficient (Wildman–Crippen LogP) is 2.96. The molecule has 3 nitrogen and oxygen atoms in total. The zero-order valence-electron chi connectivity index (χ0n) is 13.2. The third kappa shape index (κ3) is 1.21. The quantitative estimate of drug-likeness (QED) is 0.741. The largest absolute Gasteiger partial charge is 0.389 e. The Morgan fingerprint density at radius 2 is 1.75 bits per heavy atom. The Morgan fingerprint density at radius 1 is 1.10 bits per heavy atom. The number of ether oxygens (including phenoxy) is 2. The molecule has 1 heterocycles. The van der Waals surface area contributed by atoms with Gasteiger partial charge in [-0.15, -0.1) is 0 Å². The van der Waals surface area contributed by atoms with Crippen LogP contribution in [0.3, 0.4) is 0 Å². The van der Waals surface area contributed by atoms with Crippen molar-refractivity contribution in [2.24, 2.45) is 28.6 Å². The first-order chi connectivity index (χ1) is 9.27. The van der Waals surface area contributed by atoms with Crippen LogP contribution in [-0.2, 0) is 9.47 Å². The van der Waals surface area contributed by atoms with E-state index in [1.54, 1.807) is 0 Å². The molecule has 5 rings (SSSR count). The first-order valence-corrected chi connectivity index (χ1v) is 8.27. The van der Waals surface area contributed by atoms with Gasteiger partial charge in [-0.25, -0.2) is 0 Å². The molecule has 5 fully saturated rings. The molecule has 0 radical (unpaired) electrons. The van der Waals surface area contributed by atoms with Crippen molar-refractivity contribution in [3.63, 3.8) is 0 Å². The second-order valence-corrected chi connectivity index (χ2v) is 8.60. The Hall–Kier alpha value is -0.120. The summed E-state index contributed by atoms with van der Waals surface area (Å²) in [5.74, 6) is 1.21. The minimum absolute atomic E-state index is 0.0761. The van der Waals surface area contributed by atoms with Gasteiger partial charge in [0.25, 0.3) is 0 Å². The van der Waals surface area contributed by atoms with Gasteiger partial charge in [-0.05, 0) is 31.1 Å². The molecule has 114 valence electrons. The van der Waals surface area contributed by atoms with Gasteiger partial charge in [0.1, 0.15) is 0 Å². The van der Waals surface area contributed by atoms with E-state index in [1.165, 1.54) is 0 Å². The van der Waals surface area contributed by atoms with Crippen LogP contribution in [-0.4, -0.2) is 29.7 Å². The maximum absolute atomic E-state index is 11.6. The standard InChI is InChI=1S/C17H28O3/c1-11-5-6-17(18)14(2,3)13-9-12(11)15(17,4)10-16(13)19-7-8-20-16/h11-13,18H,5-10H2,1-4H3/t11-,12-,13+,15+,17-/m0/s1. The van der Waals surface area contributed by atoms with Gasteiger partial charge in [0.15, 0.2) is 5.79 Å². The molecular weight excluding hydrogens is 252 g/mol. The van der Waals surface area contributed by atoms with Gasteiger partial charge in [0.2, 0.25) is 0 Å². The summed E-state index contributed by atoms with van der Waals surface area (Å²) in [4.78, 5) is 0. The molecule has 4 aliphatic carbocycles. The highest BCUT2D eigenvalue weighted by Crippen LogP contribution is 2.74. The van der Waals surface area contributed by atoms with E-state index in [9.17, 15) is 5.11 Å². The summed E-state index contributed by atoms with van der Waals surface area (Å²) in [5.41, 5.74) is -0.783. The van der Waals surface area contributed by atoms with Crippen LogP contribution in [0.15, 0.2) is 0 Å². The third-order valence-corrected chi connectivity index (χ3v) is 7.76. The van der Waals surface area contributed by atoms with E-state index in [0.717, 1.165) is 25.7 Å². The van der Waals surface area contributed by atoms with Gasteiger partial charge in [0, 0.05) is 23.2 Å². The third-order valence-electron chi connectivity index (χ3n) is 7.76. The van der Waals surface area contributed by atoms with Gasteiger partial charge in [-0.2, -0.15) is 0 Å². The minimum atomic E-state index is -0.569. The van der Waals surface area contributed by atoms with E-state index in [2.05, 4.69) is 27.7 Å². The average molecular weight is 280 g/mol. The lowest BCUT2D eigenvalue weighted by Crippen LogP contribution is -2.77. The smallest absolute Gasteiger partial charge is 0.172 e. The molecule has 4 bridgehead atoms. The molecule has 1 aliphatic heterocycles. The monoisotopic (exact) mass is 280 g/mol. The fourth-order valence-corrected chi connectivity index (χ4v) is 6.66. The zero-order chi connectivity index (χ0) is 14.4. The topological polar surface area (TPSA) is 38.7 Å². The van der Waals surface area contributed by atoms with Crippen molar-refractivity contribution in [1.29, 1.82) is 0 Å². The first-order valence-electron chi connectivity index (χ1n) is 8.27. The van der Waals surface area contributed by atoms with E-state index in [-0.39, 0.29) is 10.8 Å². The normalized spacial score (nSPS) is 55.4. The van der Waals surface area contributed by atoms with Crippen molar-refractivity contribution in [3.05, 3.63) is 0 Å². The van der Waals surface area contributed by atoms with Gasteiger partial charge >= 0.3 is 0 Å². The highest BCUT2D eigenvalue weighted by Gasteiger charge is 2.77. The van der Waals surface area contributed by atoms with Crippen LogP contribution < -0.4 is 0 Å². The summed E-state index contributed by atoms with van der Waals surface area (Å²) < 4.78 is 12.3. The fourth-order valence-electron chi connectivity index (χ4n) is 6.66. The van der Waals surface area contributed by atoms with Gasteiger partial charge in [-0.1, -0.05) is 27.7 Å². The Kier molecular flexibility index (Phi) is 2.44. The average Bonchev–Trinajstić information content (AvgIpc) is 2.80.